The number of sulfonamides is 1. The number of rotatable bonds is 7. The van der Waals surface area contributed by atoms with E-state index in [1.165, 1.54) is 15.6 Å². The van der Waals surface area contributed by atoms with E-state index in [2.05, 4.69) is 5.32 Å². The maximum Gasteiger partial charge on any atom is 0.251 e. The Balaban J connectivity index is 1.45. The van der Waals surface area contributed by atoms with Gasteiger partial charge in [0.25, 0.3) is 5.91 Å². The largest absolute Gasteiger partial charge is 0.351 e. The summed E-state index contributed by atoms with van der Waals surface area (Å²) in [5, 5.41) is 3.20. The van der Waals surface area contributed by atoms with E-state index in [0.29, 0.717) is 18.8 Å². The van der Waals surface area contributed by atoms with E-state index in [4.69, 9.17) is 0 Å². The Hall–Kier alpha value is -2.97. The summed E-state index contributed by atoms with van der Waals surface area (Å²) < 4.78 is 27.4. The van der Waals surface area contributed by atoms with Crippen LogP contribution in [0.2, 0.25) is 0 Å². The van der Waals surface area contributed by atoms with E-state index < -0.39 is 15.6 Å². The van der Waals surface area contributed by atoms with Crippen molar-refractivity contribution in [2.45, 2.75) is 67.8 Å². The Kier molecular flexibility index (Phi) is 6.99. The first-order valence-electron chi connectivity index (χ1n) is 12.9. The standard InChI is InChI=1S/C28H33N3O4S/c32-26-21-28(18-17-22-9-3-1-4-10-22,27(33)29-23-11-5-2-6-12-23)31(26)24-13-15-25(16-14-24)36(34,35)30-19-7-8-20-30/h1,3-4,9-10,13-18,23H,2,5-8,11-12,19-21H2,(H,29,33)/b18-17+. The van der Waals surface area contributed by atoms with Gasteiger partial charge in [-0.3, -0.25) is 14.5 Å². The predicted octanol–water partition coefficient (Wildman–Crippen LogP) is 4.11. The lowest BCUT2D eigenvalue weighted by Gasteiger charge is -2.49. The van der Waals surface area contributed by atoms with E-state index in [1.807, 2.05) is 42.5 Å². The molecule has 1 N–H and O–H groups in total. The molecule has 0 bridgehead atoms. The van der Waals surface area contributed by atoms with Gasteiger partial charge in [-0.25, -0.2) is 8.42 Å². The monoisotopic (exact) mass is 507 g/mol. The average molecular weight is 508 g/mol. The van der Waals surface area contributed by atoms with Crippen molar-refractivity contribution in [2.24, 2.45) is 0 Å². The zero-order valence-corrected chi connectivity index (χ0v) is 21.3. The smallest absolute Gasteiger partial charge is 0.251 e. The van der Waals surface area contributed by atoms with Gasteiger partial charge in [-0.05, 0) is 61.6 Å². The molecule has 2 aromatic carbocycles. The fourth-order valence-electron chi connectivity index (χ4n) is 5.49. The summed E-state index contributed by atoms with van der Waals surface area (Å²) in [5.41, 5.74) is 0.302. The summed E-state index contributed by atoms with van der Waals surface area (Å²) in [6.45, 7) is 1.06. The van der Waals surface area contributed by atoms with E-state index in [1.54, 1.807) is 24.3 Å². The van der Waals surface area contributed by atoms with Crippen LogP contribution >= 0.6 is 0 Å². The van der Waals surface area contributed by atoms with Gasteiger partial charge in [0.2, 0.25) is 15.9 Å². The minimum atomic E-state index is -3.56. The number of hydrogen-bond donors (Lipinski definition) is 1. The van der Waals surface area contributed by atoms with Crippen LogP contribution in [0.3, 0.4) is 0 Å². The summed E-state index contributed by atoms with van der Waals surface area (Å²) in [6, 6.07) is 16.2. The number of nitrogens with one attached hydrogen (secondary N) is 1. The van der Waals surface area contributed by atoms with Crippen LogP contribution in [-0.4, -0.2) is 49.2 Å². The van der Waals surface area contributed by atoms with Crippen LogP contribution in [0.25, 0.3) is 6.08 Å². The second-order valence-electron chi connectivity index (χ2n) is 9.99. The zero-order chi connectivity index (χ0) is 25.2. The van der Waals surface area contributed by atoms with Crippen molar-refractivity contribution in [2.75, 3.05) is 18.0 Å². The minimum Gasteiger partial charge on any atom is -0.351 e. The maximum atomic E-state index is 13.7. The molecule has 5 rings (SSSR count). The fraction of sp³-hybridized carbons (Fsp3) is 0.429. The molecular weight excluding hydrogens is 474 g/mol. The van der Waals surface area contributed by atoms with Gasteiger partial charge in [-0.15, -0.1) is 0 Å². The van der Waals surface area contributed by atoms with Gasteiger partial charge in [0, 0.05) is 24.8 Å². The fourth-order valence-corrected chi connectivity index (χ4v) is 7.00. The third-order valence-electron chi connectivity index (χ3n) is 7.55. The highest BCUT2D eigenvalue weighted by atomic mass is 32.2. The molecule has 0 spiro atoms. The van der Waals surface area contributed by atoms with Gasteiger partial charge in [0.1, 0.15) is 0 Å². The Morgan fingerprint density at radius 2 is 1.58 bits per heavy atom. The molecular formula is C28H33N3O4S. The predicted molar refractivity (Wildman–Crippen MR) is 140 cm³/mol. The Bertz CT molecular complexity index is 1230. The van der Waals surface area contributed by atoms with Crippen LogP contribution < -0.4 is 10.2 Å². The quantitative estimate of drug-likeness (QED) is 0.572. The van der Waals surface area contributed by atoms with Crippen LogP contribution in [0.4, 0.5) is 5.69 Å². The van der Waals surface area contributed by atoms with Crippen molar-refractivity contribution in [1.82, 2.24) is 9.62 Å². The summed E-state index contributed by atoms with van der Waals surface area (Å²) >= 11 is 0. The molecule has 1 atom stereocenters. The molecule has 2 aliphatic heterocycles. The van der Waals surface area contributed by atoms with Crippen LogP contribution in [-0.2, 0) is 19.6 Å². The number of nitrogens with zero attached hydrogens (tertiary/aromatic N) is 2. The van der Waals surface area contributed by atoms with Crippen molar-refractivity contribution in [3.05, 3.63) is 66.2 Å². The molecule has 0 radical (unpaired) electrons. The molecule has 2 amide bonds. The highest BCUT2D eigenvalue weighted by Crippen LogP contribution is 2.40. The van der Waals surface area contributed by atoms with Gasteiger partial charge in [-0.2, -0.15) is 4.31 Å². The number of amides is 2. The summed E-state index contributed by atoms with van der Waals surface area (Å²) in [6.07, 6.45) is 10.8. The highest BCUT2D eigenvalue weighted by molar-refractivity contribution is 7.89. The first kappa shape index (κ1) is 24.7. The molecule has 2 heterocycles. The number of anilines is 1. The molecule has 1 aliphatic carbocycles. The highest BCUT2D eigenvalue weighted by Gasteiger charge is 2.56. The maximum absolute atomic E-state index is 13.7. The minimum absolute atomic E-state index is 0.0721. The summed E-state index contributed by atoms with van der Waals surface area (Å²) in [7, 11) is -3.56. The Morgan fingerprint density at radius 3 is 2.22 bits per heavy atom. The second kappa shape index (κ2) is 10.2. The lowest BCUT2D eigenvalue weighted by molar-refractivity contribution is -0.137. The lowest BCUT2D eigenvalue weighted by atomic mass is 9.80. The molecule has 3 fully saturated rings. The number of carbonyl (C=O) groups excluding carboxylic acids is 2. The Labute approximate surface area is 213 Å². The molecule has 3 aliphatic rings. The molecule has 2 saturated heterocycles. The molecule has 1 saturated carbocycles. The van der Waals surface area contributed by atoms with Gasteiger partial charge in [-0.1, -0.05) is 55.7 Å². The molecule has 8 heteroatoms. The van der Waals surface area contributed by atoms with Crippen LogP contribution in [0.15, 0.2) is 65.6 Å². The van der Waals surface area contributed by atoms with Crippen molar-refractivity contribution < 1.29 is 18.0 Å². The molecule has 36 heavy (non-hydrogen) atoms. The first-order chi connectivity index (χ1) is 17.4. The van der Waals surface area contributed by atoms with Gasteiger partial charge >= 0.3 is 0 Å². The van der Waals surface area contributed by atoms with E-state index in [-0.39, 0.29) is 29.2 Å². The van der Waals surface area contributed by atoms with E-state index >= 15 is 0 Å². The van der Waals surface area contributed by atoms with Crippen LogP contribution in [0.1, 0.15) is 56.9 Å². The van der Waals surface area contributed by atoms with Crippen molar-refractivity contribution in [1.29, 1.82) is 0 Å². The number of hydrogen-bond acceptors (Lipinski definition) is 4. The number of β-lactam (4-membered cyclic amide) rings is 1. The number of benzene rings is 2. The van der Waals surface area contributed by atoms with Crippen LogP contribution in [0, 0.1) is 0 Å². The van der Waals surface area contributed by atoms with Gasteiger partial charge in [0.15, 0.2) is 5.54 Å². The second-order valence-corrected chi connectivity index (χ2v) is 11.9. The third kappa shape index (κ3) is 4.72. The van der Waals surface area contributed by atoms with Gasteiger partial charge < -0.3 is 5.32 Å². The van der Waals surface area contributed by atoms with E-state index in [9.17, 15) is 18.0 Å². The summed E-state index contributed by atoms with van der Waals surface area (Å²) in [4.78, 5) is 28.4. The van der Waals surface area contributed by atoms with E-state index in [0.717, 1.165) is 44.1 Å². The molecule has 190 valence electrons. The Morgan fingerprint density at radius 1 is 0.917 bits per heavy atom. The molecule has 2 aromatic rings. The third-order valence-corrected chi connectivity index (χ3v) is 9.46. The SMILES string of the molecule is O=C1CC(/C=C/c2ccccc2)(C(=O)NC2CCCCC2)N1c1ccc(S(=O)(=O)N2CCCC2)cc1. The molecule has 0 aromatic heterocycles. The van der Waals surface area contributed by atoms with Crippen molar-refractivity contribution in [3.8, 4) is 0 Å². The van der Waals surface area contributed by atoms with Crippen LogP contribution in [0.5, 0.6) is 0 Å². The zero-order valence-electron chi connectivity index (χ0n) is 20.4. The number of carbonyl (C=O) groups is 2. The topological polar surface area (TPSA) is 86.8 Å². The molecule has 1 unspecified atom stereocenters. The average Bonchev–Trinajstić information content (AvgIpc) is 3.44. The van der Waals surface area contributed by atoms with Gasteiger partial charge in [0.05, 0.1) is 11.3 Å². The normalized spacial score (nSPS) is 23.7. The van der Waals surface area contributed by atoms with Crippen molar-refractivity contribution >= 4 is 33.6 Å². The molecule has 7 nitrogen and oxygen atoms in total. The van der Waals surface area contributed by atoms with Crippen molar-refractivity contribution in [3.63, 3.8) is 0 Å². The first-order valence-corrected chi connectivity index (χ1v) is 14.3. The lowest BCUT2D eigenvalue weighted by Crippen LogP contribution is -2.70. The summed E-state index contributed by atoms with van der Waals surface area (Å²) in [5.74, 6) is -0.350.